The normalized spacial score (nSPS) is 11.0. The predicted octanol–water partition coefficient (Wildman–Crippen LogP) is 4.80. The van der Waals surface area contributed by atoms with Gasteiger partial charge in [0.2, 0.25) is 0 Å². The number of rotatable bonds is 3. The molecule has 26 heavy (non-hydrogen) atoms. The van der Waals surface area contributed by atoms with E-state index in [1.807, 2.05) is 0 Å². The van der Waals surface area contributed by atoms with Crippen molar-refractivity contribution < 1.29 is 18.3 Å². The summed E-state index contributed by atoms with van der Waals surface area (Å²) >= 11 is 1.21. The second-order valence-electron chi connectivity index (χ2n) is 5.62. The average Bonchev–Trinajstić information content (AvgIpc) is 3.19. The van der Waals surface area contributed by atoms with Crippen LogP contribution in [0.2, 0.25) is 0 Å². The summed E-state index contributed by atoms with van der Waals surface area (Å²) in [6, 6.07) is 13.2. The molecular weight excluding hydrogens is 358 g/mol. The first-order valence-corrected chi connectivity index (χ1v) is 8.54. The van der Waals surface area contributed by atoms with Crippen molar-refractivity contribution in [2.45, 2.75) is 0 Å². The number of thiophene rings is 1. The number of ether oxygens (including phenoxy) is 1. The van der Waals surface area contributed by atoms with Crippen LogP contribution in [0.15, 0.2) is 54.6 Å². The number of fused-ring (bicyclic) bond motifs is 1. The molecule has 0 saturated carbocycles. The Morgan fingerprint density at radius 2 is 1.85 bits per heavy atom. The number of aryl methyl sites for hydroxylation is 1. The van der Waals surface area contributed by atoms with Crippen molar-refractivity contribution >= 4 is 27.5 Å². The summed E-state index contributed by atoms with van der Waals surface area (Å²) in [6.07, 6.45) is 0. The molecule has 0 bridgehead atoms. The van der Waals surface area contributed by atoms with E-state index in [2.05, 4.69) is 5.10 Å². The molecule has 0 fully saturated rings. The molecule has 2 aromatic carbocycles. The summed E-state index contributed by atoms with van der Waals surface area (Å²) in [5.41, 5.74) is 0.840. The lowest BCUT2D eigenvalue weighted by atomic mass is 10.1. The quantitative estimate of drug-likeness (QED) is 0.384. The van der Waals surface area contributed by atoms with Gasteiger partial charge >= 0.3 is 5.97 Å². The molecule has 0 aliphatic carbocycles. The van der Waals surface area contributed by atoms with Crippen molar-refractivity contribution in [1.29, 1.82) is 0 Å². The first kappa shape index (κ1) is 16.4. The first-order valence-electron chi connectivity index (χ1n) is 7.72. The Hall–Kier alpha value is -3.06. The van der Waals surface area contributed by atoms with Crippen LogP contribution < -0.4 is 4.74 Å². The smallest absolute Gasteiger partial charge is 0.353 e. The Balaban J connectivity index is 1.72. The SMILES string of the molecule is Cn1nc(-c2ccccc2F)c2cc(C(=O)Oc3ccc(F)cc3)sc21. The molecule has 4 nitrogen and oxygen atoms in total. The molecule has 0 spiro atoms. The van der Waals surface area contributed by atoms with E-state index in [1.165, 1.54) is 41.7 Å². The van der Waals surface area contributed by atoms with Crippen molar-refractivity contribution in [1.82, 2.24) is 9.78 Å². The van der Waals surface area contributed by atoms with Crippen LogP contribution in [0.5, 0.6) is 5.75 Å². The summed E-state index contributed by atoms with van der Waals surface area (Å²) in [6.45, 7) is 0. The highest BCUT2D eigenvalue weighted by Gasteiger charge is 2.20. The van der Waals surface area contributed by atoms with Crippen LogP contribution in [0.4, 0.5) is 8.78 Å². The number of hydrogen-bond acceptors (Lipinski definition) is 4. The monoisotopic (exact) mass is 370 g/mol. The number of aromatic nitrogens is 2. The topological polar surface area (TPSA) is 44.1 Å². The Labute approximate surface area is 151 Å². The molecule has 7 heteroatoms. The van der Waals surface area contributed by atoms with Gasteiger partial charge in [-0.05, 0) is 42.5 Å². The third-order valence-electron chi connectivity index (χ3n) is 3.87. The van der Waals surface area contributed by atoms with Crippen LogP contribution in [-0.2, 0) is 7.05 Å². The standard InChI is InChI=1S/C19H12F2N2O2S/c1-23-18-14(17(22-23)13-4-2-3-5-15(13)21)10-16(26-18)19(24)25-12-8-6-11(20)7-9-12/h2-10H,1H3. The zero-order valence-corrected chi connectivity index (χ0v) is 14.4. The summed E-state index contributed by atoms with van der Waals surface area (Å²) in [7, 11) is 1.73. The van der Waals surface area contributed by atoms with E-state index in [4.69, 9.17) is 4.74 Å². The van der Waals surface area contributed by atoms with Gasteiger partial charge in [-0.25, -0.2) is 13.6 Å². The van der Waals surface area contributed by atoms with E-state index in [-0.39, 0.29) is 11.6 Å². The van der Waals surface area contributed by atoms with E-state index in [0.717, 1.165) is 4.83 Å². The average molecular weight is 370 g/mol. The van der Waals surface area contributed by atoms with Gasteiger partial charge in [0.25, 0.3) is 0 Å². The molecule has 0 saturated heterocycles. The number of hydrogen-bond donors (Lipinski definition) is 0. The van der Waals surface area contributed by atoms with Crippen LogP contribution in [-0.4, -0.2) is 15.7 Å². The lowest BCUT2D eigenvalue weighted by molar-refractivity contribution is 0.0739. The van der Waals surface area contributed by atoms with Crippen LogP contribution in [0.25, 0.3) is 21.5 Å². The van der Waals surface area contributed by atoms with Gasteiger partial charge in [0.15, 0.2) is 0 Å². The largest absolute Gasteiger partial charge is 0.422 e. The highest BCUT2D eigenvalue weighted by atomic mass is 32.1. The van der Waals surface area contributed by atoms with Crippen molar-refractivity contribution in [3.8, 4) is 17.0 Å². The Bertz CT molecular complexity index is 1120. The number of nitrogens with zero attached hydrogens (tertiary/aromatic N) is 2. The molecule has 0 radical (unpaired) electrons. The van der Waals surface area contributed by atoms with E-state index < -0.39 is 11.8 Å². The number of benzene rings is 2. The molecule has 0 aliphatic heterocycles. The Morgan fingerprint density at radius 3 is 2.58 bits per heavy atom. The molecule has 2 heterocycles. The molecule has 0 N–H and O–H groups in total. The fraction of sp³-hybridized carbons (Fsp3) is 0.0526. The van der Waals surface area contributed by atoms with Crippen LogP contribution in [0.3, 0.4) is 0 Å². The first-order chi connectivity index (χ1) is 12.5. The van der Waals surface area contributed by atoms with E-state index in [1.54, 1.807) is 36.0 Å². The third-order valence-corrected chi connectivity index (χ3v) is 5.05. The van der Waals surface area contributed by atoms with E-state index in [0.29, 0.717) is 21.5 Å². The molecule has 0 aliphatic rings. The Morgan fingerprint density at radius 1 is 1.12 bits per heavy atom. The second-order valence-corrected chi connectivity index (χ2v) is 6.66. The van der Waals surface area contributed by atoms with Gasteiger partial charge in [-0.3, -0.25) is 4.68 Å². The van der Waals surface area contributed by atoms with Gasteiger partial charge in [0, 0.05) is 18.0 Å². The van der Waals surface area contributed by atoms with Gasteiger partial charge < -0.3 is 4.74 Å². The van der Waals surface area contributed by atoms with Gasteiger partial charge in [-0.15, -0.1) is 11.3 Å². The van der Waals surface area contributed by atoms with E-state index >= 15 is 0 Å². The minimum atomic E-state index is -0.558. The van der Waals surface area contributed by atoms with Crippen LogP contribution in [0, 0.1) is 11.6 Å². The number of carbonyl (C=O) groups is 1. The molecule has 4 aromatic rings. The second kappa shape index (κ2) is 6.34. The summed E-state index contributed by atoms with van der Waals surface area (Å²) in [5.74, 6) is -1.10. The Kier molecular flexibility index (Phi) is 4.00. The minimum absolute atomic E-state index is 0.251. The van der Waals surface area contributed by atoms with Gasteiger partial charge in [0.1, 0.15) is 32.8 Å². The molecule has 0 atom stereocenters. The fourth-order valence-corrected chi connectivity index (χ4v) is 3.60. The van der Waals surface area contributed by atoms with Crippen LogP contribution >= 0.6 is 11.3 Å². The highest BCUT2D eigenvalue weighted by Crippen LogP contribution is 2.35. The van der Waals surface area contributed by atoms with Gasteiger partial charge in [0.05, 0.1) is 0 Å². The third kappa shape index (κ3) is 2.86. The maximum Gasteiger partial charge on any atom is 0.353 e. The minimum Gasteiger partial charge on any atom is -0.422 e. The van der Waals surface area contributed by atoms with Crippen molar-refractivity contribution in [2.24, 2.45) is 7.05 Å². The van der Waals surface area contributed by atoms with Crippen molar-refractivity contribution in [3.05, 3.63) is 71.1 Å². The number of carbonyl (C=O) groups excluding carboxylic acids is 1. The molecule has 130 valence electrons. The zero-order valence-electron chi connectivity index (χ0n) is 13.6. The molecule has 2 aromatic heterocycles. The lowest BCUT2D eigenvalue weighted by Gasteiger charge is -2.02. The maximum absolute atomic E-state index is 14.1. The maximum atomic E-state index is 14.1. The number of esters is 1. The lowest BCUT2D eigenvalue weighted by Crippen LogP contribution is -2.06. The molecule has 4 rings (SSSR count). The van der Waals surface area contributed by atoms with Crippen molar-refractivity contribution in [2.75, 3.05) is 0 Å². The highest BCUT2D eigenvalue weighted by molar-refractivity contribution is 7.20. The number of halogens is 2. The predicted molar refractivity (Wildman–Crippen MR) is 95.3 cm³/mol. The fourth-order valence-electron chi connectivity index (χ4n) is 2.65. The molecular formula is C19H12F2N2O2S. The summed E-state index contributed by atoms with van der Waals surface area (Å²) < 4.78 is 34.0. The van der Waals surface area contributed by atoms with Gasteiger partial charge in [-0.1, -0.05) is 12.1 Å². The zero-order chi connectivity index (χ0) is 18.3. The van der Waals surface area contributed by atoms with Crippen LogP contribution in [0.1, 0.15) is 9.67 Å². The van der Waals surface area contributed by atoms with E-state index in [9.17, 15) is 13.6 Å². The molecule has 0 unspecified atom stereocenters. The summed E-state index contributed by atoms with van der Waals surface area (Å²) in [5, 5.41) is 5.04. The molecule has 0 amide bonds. The van der Waals surface area contributed by atoms with Crippen molar-refractivity contribution in [3.63, 3.8) is 0 Å². The van der Waals surface area contributed by atoms with Gasteiger partial charge in [-0.2, -0.15) is 5.10 Å². The summed E-state index contributed by atoms with van der Waals surface area (Å²) in [4.78, 5) is 13.5.